The molecule has 3 aromatic rings. The third-order valence-corrected chi connectivity index (χ3v) is 5.80. The van der Waals surface area contributed by atoms with Crippen molar-refractivity contribution in [3.05, 3.63) is 59.8 Å². The SMILES string of the molecule is CC1(C)CCC23OC2(O1)c1ccccc1-c1nc2ccccc2nc13. The lowest BCUT2D eigenvalue weighted by molar-refractivity contribution is -0.158. The molecule has 2 unspecified atom stereocenters. The van der Waals surface area contributed by atoms with Gasteiger partial charge in [0.1, 0.15) is 5.69 Å². The third kappa shape index (κ3) is 1.55. The smallest absolute Gasteiger partial charge is 0.233 e. The Kier molecular flexibility index (Phi) is 2.28. The molecule has 4 heteroatoms. The maximum absolute atomic E-state index is 6.54. The van der Waals surface area contributed by atoms with Gasteiger partial charge in [-0.25, -0.2) is 9.97 Å². The van der Waals surface area contributed by atoms with Crippen LogP contribution in [-0.2, 0) is 20.9 Å². The van der Waals surface area contributed by atoms with E-state index in [1.807, 2.05) is 36.4 Å². The quantitative estimate of drug-likeness (QED) is 0.577. The van der Waals surface area contributed by atoms with Crippen LogP contribution in [0.15, 0.2) is 48.5 Å². The van der Waals surface area contributed by atoms with Gasteiger partial charge in [-0.15, -0.1) is 0 Å². The van der Waals surface area contributed by atoms with Crippen molar-refractivity contribution in [1.82, 2.24) is 9.97 Å². The second-order valence-corrected chi connectivity index (χ2v) is 7.86. The fourth-order valence-corrected chi connectivity index (χ4v) is 4.55. The molecule has 0 saturated carbocycles. The summed E-state index contributed by atoms with van der Waals surface area (Å²) in [5.74, 6) is -0.713. The van der Waals surface area contributed by atoms with Crippen LogP contribution < -0.4 is 0 Å². The molecular formula is C21H18N2O2. The third-order valence-electron chi connectivity index (χ3n) is 5.80. The zero-order valence-corrected chi connectivity index (χ0v) is 14.2. The van der Waals surface area contributed by atoms with Gasteiger partial charge in [0.25, 0.3) is 0 Å². The average Bonchev–Trinajstić information content (AvgIpc) is 3.30. The number of para-hydroxylation sites is 2. The minimum Gasteiger partial charge on any atom is -0.337 e. The van der Waals surface area contributed by atoms with Crippen molar-refractivity contribution in [2.75, 3.05) is 0 Å². The Bertz CT molecular complexity index is 1060. The van der Waals surface area contributed by atoms with Gasteiger partial charge in [-0.05, 0) is 38.8 Å². The van der Waals surface area contributed by atoms with E-state index in [1.54, 1.807) is 0 Å². The summed E-state index contributed by atoms with van der Waals surface area (Å²) in [7, 11) is 0. The van der Waals surface area contributed by atoms with Gasteiger partial charge in [-0.3, -0.25) is 0 Å². The molecule has 6 rings (SSSR count). The summed E-state index contributed by atoms with van der Waals surface area (Å²) in [5, 5.41) is 0. The molecule has 0 amide bonds. The van der Waals surface area contributed by atoms with Crippen LogP contribution in [0.2, 0.25) is 0 Å². The van der Waals surface area contributed by atoms with Crippen molar-refractivity contribution in [2.24, 2.45) is 0 Å². The number of aromatic nitrogens is 2. The number of fused-ring (bicyclic) bond motifs is 4. The van der Waals surface area contributed by atoms with Gasteiger partial charge in [0, 0.05) is 11.1 Å². The van der Waals surface area contributed by atoms with Crippen LogP contribution >= 0.6 is 0 Å². The Morgan fingerprint density at radius 3 is 2.40 bits per heavy atom. The summed E-state index contributed by atoms with van der Waals surface area (Å²) in [6.07, 6.45) is 1.83. The maximum atomic E-state index is 6.54. The molecule has 0 N–H and O–H groups in total. The minimum absolute atomic E-state index is 0.213. The molecule has 0 bridgehead atoms. The molecule has 25 heavy (non-hydrogen) atoms. The van der Waals surface area contributed by atoms with E-state index in [4.69, 9.17) is 19.4 Å². The number of hydrogen-bond donors (Lipinski definition) is 0. The van der Waals surface area contributed by atoms with Crippen LogP contribution in [-0.4, -0.2) is 15.6 Å². The van der Waals surface area contributed by atoms with E-state index >= 15 is 0 Å². The summed E-state index contributed by atoms with van der Waals surface area (Å²) < 4.78 is 13.0. The Labute approximate surface area is 145 Å². The van der Waals surface area contributed by atoms with E-state index in [1.165, 1.54) is 0 Å². The normalized spacial score (nSPS) is 30.8. The summed E-state index contributed by atoms with van der Waals surface area (Å²) in [6.45, 7) is 4.27. The summed E-state index contributed by atoms with van der Waals surface area (Å²) in [6, 6.07) is 16.3. The molecule has 0 spiro atoms. The highest BCUT2D eigenvalue weighted by Crippen LogP contribution is 2.73. The summed E-state index contributed by atoms with van der Waals surface area (Å²) in [4.78, 5) is 9.94. The van der Waals surface area contributed by atoms with Crippen molar-refractivity contribution in [2.45, 2.75) is 43.7 Å². The molecule has 3 heterocycles. The van der Waals surface area contributed by atoms with Crippen LogP contribution in [0.3, 0.4) is 0 Å². The minimum atomic E-state index is -0.713. The van der Waals surface area contributed by atoms with Crippen LogP contribution in [0.1, 0.15) is 37.9 Å². The standard InChI is InChI=1S/C21H18N2O2/c1-19(2)11-12-20-18-17(22-15-9-5-6-10-16(15)23-18)13-7-3-4-8-14(13)21(20,24-19)25-20/h3-10H,11-12H2,1-2H3. The zero-order valence-electron chi connectivity index (χ0n) is 14.2. The molecule has 124 valence electrons. The van der Waals surface area contributed by atoms with Crippen molar-refractivity contribution in [1.29, 1.82) is 0 Å². The molecule has 3 aliphatic rings. The number of epoxide rings is 1. The highest BCUT2D eigenvalue weighted by Gasteiger charge is 2.80. The van der Waals surface area contributed by atoms with Gasteiger partial charge < -0.3 is 9.47 Å². The van der Waals surface area contributed by atoms with E-state index in [0.29, 0.717) is 0 Å². The Morgan fingerprint density at radius 1 is 0.840 bits per heavy atom. The van der Waals surface area contributed by atoms with E-state index in [-0.39, 0.29) is 5.60 Å². The van der Waals surface area contributed by atoms with Crippen LogP contribution in [0.4, 0.5) is 0 Å². The van der Waals surface area contributed by atoms with Crippen molar-refractivity contribution in [3.63, 3.8) is 0 Å². The van der Waals surface area contributed by atoms with Crippen LogP contribution in [0.5, 0.6) is 0 Å². The largest absolute Gasteiger partial charge is 0.337 e. The maximum Gasteiger partial charge on any atom is 0.233 e. The monoisotopic (exact) mass is 330 g/mol. The molecule has 4 nitrogen and oxygen atoms in total. The predicted molar refractivity (Wildman–Crippen MR) is 93.8 cm³/mol. The van der Waals surface area contributed by atoms with Crippen LogP contribution in [0.25, 0.3) is 22.3 Å². The predicted octanol–water partition coefficient (Wildman–Crippen LogP) is 4.28. The zero-order chi connectivity index (χ0) is 16.9. The number of hydrogen-bond acceptors (Lipinski definition) is 4. The molecule has 2 atom stereocenters. The fourth-order valence-electron chi connectivity index (χ4n) is 4.55. The first-order chi connectivity index (χ1) is 12.0. The number of nitrogens with zero attached hydrogens (tertiary/aromatic N) is 2. The Hall–Kier alpha value is -2.30. The van der Waals surface area contributed by atoms with E-state index in [9.17, 15) is 0 Å². The van der Waals surface area contributed by atoms with Gasteiger partial charge in [-0.1, -0.05) is 36.4 Å². The second-order valence-electron chi connectivity index (χ2n) is 7.86. The lowest BCUT2D eigenvalue weighted by Gasteiger charge is -2.39. The van der Waals surface area contributed by atoms with Gasteiger partial charge in [0.15, 0.2) is 5.60 Å². The average molecular weight is 330 g/mol. The van der Waals surface area contributed by atoms with E-state index in [0.717, 1.165) is 46.4 Å². The van der Waals surface area contributed by atoms with Crippen molar-refractivity contribution < 1.29 is 9.47 Å². The van der Waals surface area contributed by atoms with Crippen LogP contribution in [0, 0.1) is 0 Å². The Balaban J connectivity index is 1.71. The molecule has 2 aliphatic heterocycles. The van der Waals surface area contributed by atoms with Gasteiger partial charge in [-0.2, -0.15) is 0 Å². The lowest BCUT2D eigenvalue weighted by Crippen LogP contribution is -2.43. The molecule has 2 fully saturated rings. The summed E-state index contributed by atoms with van der Waals surface area (Å²) in [5.41, 5.74) is 5.13. The van der Waals surface area contributed by atoms with E-state index < -0.39 is 11.4 Å². The number of rotatable bonds is 0. The van der Waals surface area contributed by atoms with Crippen molar-refractivity contribution >= 4 is 11.0 Å². The number of benzene rings is 2. The molecule has 1 aliphatic carbocycles. The van der Waals surface area contributed by atoms with Gasteiger partial charge >= 0.3 is 0 Å². The molecule has 2 saturated heterocycles. The fraction of sp³-hybridized carbons (Fsp3) is 0.333. The first kappa shape index (κ1) is 13.9. The summed E-state index contributed by atoms with van der Waals surface area (Å²) >= 11 is 0. The molecule has 2 aromatic carbocycles. The second kappa shape index (κ2) is 4.09. The highest BCUT2D eigenvalue weighted by atomic mass is 16.8. The molecule has 1 aromatic heterocycles. The Morgan fingerprint density at radius 2 is 1.56 bits per heavy atom. The van der Waals surface area contributed by atoms with Gasteiger partial charge in [0.05, 0.1) is 22.3 Å². The van der Waals surface area contributed by atoms with Gasteiger partial charge in [0.2, 0.25) is 5.79 Å². The molecular weight excluding hydrogens is 312 g/mol. The van der Waals surface area contributed by atoms with Crippen molar-refractivity contribution in [3.8, 4) is 11.3 Å². The van der Waals surface area contributed by atoms with E-state index in [2.05, 4.69) is 26.0 Å². The first-order valence-corrected chi connectivity index (χ1v) is 8.82. The molecule has 0 radical (unpaired) electrons. The lowest BCUT2D eigenvalue weighted by atomic mass is 9.75. The number of ether oxygens (including phenoxy) is 2. The topological polar surface area (TPSA) is 47.5 Å². The highest BCUT2D eigenvalue weighted by molar-refractivity contribution is 5.82. The first-order valence-electron chi connectivity index (χ1n) is 8.82.